The highest BCUT2D eigenvalue weighted by Crippen LogP contribution is 2.16. The van der Waals surface area contributed by atoms with Gasteiger partial charge in [-0.25, -0.2) is 9.97 Å². The third kappa shape index (κ3) is 2.13. The maximum absolute atomic E-state index is 5.88. The predicted octanol–water partition coefficient (Wildman–Crippen LogP) is 1.06. The summed E-state index contributed by atoms with van der Waals surface area (Å²) in [6, 6.07) is 0.251. The maximum atomic E-state index is 5.88. The van der Waals surface area contributed by atoms with Gasteiger partial charge in [-0.1, -0.05) is 11.6 Å². The van der Waals surface area contributed by atoms with Gasteiger partial charge < -0.3 is 10.6 Å². The van der Waals surface area contributed by atoms with Gasteiger partial charge in [-0.05, 0) is 12.8 Å². The minimum atomic E-state index is 0.251. The number of hydrogen-bond donors (Lipinski definition) is 1. The van der Waals surface area contributed by atoms with Crippen LogP contribution in [0.3, 0.4) is 0 Å². The molecule has 1 saturated heterocycles. The van der Waals surface area contributed by atoms with Crippen molar-refractivity contribution in [2.24, 2.45) is 5.73 Å². The molecule has 0 amide bonds. The molecule has 1 aliphatic rings. The lowest BCUT2D eigenvalue weighted by Gasteiger charge is -2.31. The highest BCUT2D eigenvalue weighted by atomic mass is 35.5. The van der Waals surface area contributed by atoms with Crippen LogP contribution in [0.4, 0.5) is 5.82 Å². The van der Waals surface area contributed by atoms with Crippen LogP contribution in [0.15, 0.2) is 12.4 Å². The first-order chi connectivity index (χ1) is 6.75. The lowest BCUT2D eigenvalue weighted by atomic mass is 10.1. The zero-order valence-electron chi connectivity index (χ0n) is 7.86. The number of nitrogens with two attached hydrogens (primary N) is 1. The van der Waals surface area contributed by atoms with Gasteiger partial charge in [0.25, 0.3) is 0 Å². The van der Waals surface area contributed by atoms with Gasteiger partial charge >= 0.3 is 0 Å². The average Bonchev–Trinajstić information content (AvgIpc) is 2.19. The SMILES string of the molecule is NC1CCCN(c2cnc(Cl)cn2)C1. The molecule has 2 rings (SSSR count). The highest BCUT2D eigenvalue weighted by Gasteiger charge is 2.17. The third-order valence-corrected chi connectivity index (χ3v) is 2.58. The molecule has 2 heterocycles. The number of nitrogens with zero attached hydrogens (tertiary/aromatic N) is 3. The van der Waals surface area contributed by atoms with E-state index in [0.29, 0.717) is 5.15 Å². The van der Waals surface area contributed by atoms with Crippen LogP contribution in [-0.2, 0) is 0 Å². The molecule has 0 spiro atoms. The fourth-order valence-electron chi connectivity index (χ4n) is 1.69. The van der Waals surface area contributed by atoms with Gasteiger partial charge in [0.2, 0.25) is 0 Å². The quantitative estimate of drug-likeness (QED) is 0.757. The van der Waals surface area contributed by atoms with Crippen LogP contribution in [-0.4, -0.2) is 29.1 Å². The molecule has 4 nitrogen and oxygen atoms in total. The van der Waals surface area contributed by atoms with Crippen LogP contribution < -0.4 is 10.6 Å². The van der Waals surface area contributed by atoms with E-state index in [9.17, 15) is 0 Å². The Morgan fingerprint density at radius 3 is 2.93 bits per heavy atom. The standard InChI is InChI=1S/C9H13ClN4/c10-8-4-13-9(5-12-8)14-3-1-2-7(11)6-14/h4-5,7H,1-3,6,11H2. The van der Waals surface area contributed by atoms with Gasteiger partial charge in [0.15, 0.2) is 0 Å². The number of halogens is 1. The zero-order chi connectivity index (χ0) is 9.97. The van der Waals surface area contributed by atoms with E-state index in [1.807, 2.05) is 0 Å². The molecule has 1 unspecified atom stereocenters. The maximum Gasteiger partial charge on any atom is 0.147 e. The van der Waals surface area contributed by atoms with Gasteiger partial charge in [-0.2, -0.15) is 0 Å². The van der Waals surface area contributed by atoms with Crippen molar-refractivity contribution in [3.05, 3.63) is 17.5 Å². The van der Waals surface area contributed by atoms with Crippen LogP contribution >= 0.6 is 11.6 Å². The first kappa shape index (κ1) is 9.68. The van der Waals surface area contributed by atoms with Crippen LogP contribution in [0.2, 0.25) is 5.15 Å². The number of rotatable bonds is 1. The molecular formula is C9H13ClN4. The number of hydrogen-bond acceptors (Lipinski definition) is 4. The molecule has 5 heteroatoms. The Morgan fingerprint density at radius 2 is 2.29 bits per heavy atom. The second-order valence-corrected chi connectivity index (χ2v) is 3.93. The number of piperidine rings is 1. The first-order valence-corrected chi connectivity index (χ1v) is 5.11. The molecule has 1 aromatic rings. The van der Waals surface area contributed by atoms with Crippen molar-refractivity contribution >= 4 is 17.4 Å². The summed E-state index contributed by atoms with van der Waals surface area (Å²) in [5.41, 5.74) is 5.88. The Morgan fingerprint density at radius 1 is 1.43 bits per heavy atom. The smallest absolute Gasteiger partial charge is 0.147 e. The summed E-state index contributed by atoms with van der Waals surface area (Å²) < 4.78 is 0. The summed E-state index contributed by atoms with van der Waals surface area (Å²) in [6.07, 6.45) is 5.47. The lowest BCUT2D eigenvalue weighted by Crippen LogP contribution is -2.43. The normalized spacial score (nSPS) is 22.4. The van der Waals surface area contributed by atoms with E-state index in [1.165, 1.54) is 0 Å². The fraction of sp³-hybridized carbons (Fsp3) is 0.556. The van der Waals surface area contributed by atoms with Crippen molar-refractivity contribution in [1.82, 2.24) is 9.97 Å². The van der Waals surface area contributed by atoms with E-state index in [4.69, 9.17) is 17.3 Å². The van der Waals surface area contributed by atoms with Gasteiger partial charge in [-0.3, -0.25) is 0 Å². The molecule has 1 aliphatic heterocycles. The van der Waals surface area contributed by atoms with E-state index in [2.05, 4.69) is 14.9 Å². The highest BCUT2D eigenvalue weighted by molar-refractivity contribution is 6.29. The van der Waals surface area contributed by atoms with Crippen molar-refractivity contribution in [2.75, 3.05) is 18.0 Å². The van der Waals surface area contributed by atoms with Gasteiger partial charge in [0.05, 0.1) is 12.4 Å². The van der Waals surface area contributed by atoms with Crippen LogP contribution in [0, 0.1) is 0 Å². The second-order valence-electron chi connectivity index (χ2n) is 3.55. The largest absolute Gasteiger partial charge is 0.354 e. The summed E-state index contributed by atoms with van der Waals surface area (Å²) in [5, 5.41) is 0.426. The van der Waals surface area contributed by atoms with Crippen LogP contribution in [0.5, 0.6) is 0 Å². The van der Waals surface area contributed by atoms with Crippen molar-refractivity contribution < 1.29 is 0 Å². The average molecular weight is 213 g/mol. The number of aromatic nitrogens is 2. The molecule has 0 saturated carbocycles. The summed E-state index contributed by atoms with van der Waals surface area (Å²) in [4.78, 5) is 10.4. The Balaban J connectivity index is 2.10. The van der Waals surface area contributed by atoms with E-state index in [-0.39, 0.29) is 6.04 Å². The zero-order valence-corrected chi connectivity index (χ0v) is 8.61. The van der Waals surface area contributed by atoms with Crippen molar-refractivity contribution in [3.8, 4) is 0 Å². The summed E-state index contributed by atoms with van der Waals surface area (Å²) in [7, 11) is 0. The van der Waals surface area contributed by atoms with Gasteiger partial charge in [0, 0.05) is 19.1 Å². The molecule has 0 aromatic carbocycles. The molecule has 2 N–H and O–H groups in total. The van der Waals surface area contributed by atoms with E-state index >= 15 is 0 Å². The molecule has 1 fully saturated rings. The van der Waals surface area contributed by atoms with Gasteiger partial charge in [-0.15, -0.1) is 0 Å². The van der Waals surface area contributed by atoms with Crippen LogP contribution in [0.1, 0.15) is 12.8 Å². The fourth-order valence-corrected chi connectivity index (χ4v) is 1.78. The topological polar surface area (TPSA) is 55.0 Å². The Labute approximate surface area is 88.1 Å². The minimum absolute atomic E-state index is 0.251. The molecule has 0 radical (unpaired) electrons. The second kappa shape index (κ2) is 4.11. The van der Waals surface area contributed by atoms with E-state index in [0.717, 1.165) is 31.7 Å². The molecule has 1 aromatic heterocycles. The van der Waals surface area contributed by atoms with Crippen molar-refractivity contribution in [1.29, 1.82) is 0 Å². The molecule has 14 heavy (non-hydrogen) atoms. The minimum Gasteiger partial charge on any atom is -0.354 e. The first-order valence-electron chi connectivity index (χ1n) is 4.74. The molecule has 0 aliphatic carbocycles. The van der Waals surface area contributed by atoms with E-state index < -0.39 is 0 Å². The summed E-state index contributed by atoms with van der Waals surface area (Å²) in [5.74, 6) is 0.865. The van der Waals surface area contributed by atoms with Crippen LogP contribution in [0.25, 0.3) is 0 Å². The van der Waals surface area contributed by atoms with Crippen molar-refractivity contribution in [2.45, 2.75) is 18.9 Å². The lowest BCUT2D eigenvalue weighted by molar-refractivity contribution is 0.503. The molecule has 1 atom stereocenters. The van der Waals surface area contributed by atoms with Crippen molar-refractivity contribution in [3.63, 3.8) is 0 Å². The predicted molar refractivity (Wildman–Crippen MR) is 56.5 cm³/mol. The third-order valence-electron chi connectivity index (χ3n) is 2.39. The molecular weight excluding hydrogens is 200 g/mol. The Bertz CT molecular complexity index is 300. The molecule has 0 bridgehead atoms. The molecule has 76 valence electrons. The Kier molecular flexibility index (Phi) is 2.84. The monoisotopic (exact) mass is 212 g/mol. The van der Waals surface area contributed by atoms with E-state index in [1.54, 1.807) is 12.4 Å². The summed E-state index contributed by atoms with van der Waals surface area (Å²) >= 11 is 5.66. The number of anilines is 1. The van der Waals surface area contributed by atoms with Gasteiger partial charge in [0.1, 0.15) is 11.0 Å². The summed E-state index contributed by atoms with van der Waals surface area (Å²) in [6.45, 7) is 1.86. The Hall–Kier alpha value is -0.870.